The van der Waals surface area contributed by atoms with Crippen molar-refractivity contribution < 1.29 is 28.5 Å². The molecule has 0 saturated heterocycles. The van der Waals surface area contributed by atoms with E-state index in [-0.39, 0.29) is 13.2 Å². The van der Waals surface area contributed by atoms with Crippen LogP contribution in [0.25, 0.3) is 10.2 Å². The number of esters is 1. The minimum absolute atomic E-state index is 0.0666. The Balaban J connectivity index is 1.77. The molecule has 1 aliphatic rings. The number of amides is 1. The van der Waals surface area contributed by atoms with Crippen LogP contribution in [0, 0.1) is 0 Å². The lowest BCUT2D eigenvalue weighted by Gasteiger charge is -2.18. The summed E-state index contributed by atoms with van der Waals surface area (Å²) in [6, 6.07) is 10.4. The van der Waals surface area contributed by atoms with Gasteiger partial charge in [-0.05, 0) is 38.1 Å². The number of rotatable bonds is 6. The second-order valence-electron chi connectivity index (χ2n) is 6.61. The molecule has 0 bridgehead atoms. The number of carbonyl (C=O) groups is 2. The number of benzene rings is 2. The first-order chi connectivity index (χ1) is 15.1. The molecule has 3 aromatic rings. The van der Waals surface area contributed by atoms with Crippen LogP contribution in [-0.2, 0) is 16.1 Å². The molecule has 4 rings (SSSR count). The second kappa shape index (κ2) is 9.22. The highest BCUT2D eigenvalue weighted by molar-refractivity contribution is 7.16. The first kappa shape index (κ1) is 20.9. The molecule has 0 N–H and O–H groups in total. The number of thiazole rings is 1. The van der Waals surface area contributed by atoms with Crippen molar-refractivity contribution in [1.29, 1.82) is 0 Å². The van der Waals surface area contributed by atoms with Gasteiger partial charge in [0.15, 0.2) is 16.3 Å². The molecule has 0 saturated carbocycles. The molecule has 1 aliphatic heterocycles. The van der Waals surface area contributed by atoms with E-state index in [4.69, 9.17) is 18.9 Å². The molecule has 2 heterocycles. The van der Waals surface area contributed by atoms with Gasteiger partial charge in [-0.2, -0.15) is 4.99 Å². The largest absolute Gasteiger partial charge is 0.494 e. The summed E-state index contributed by atoms with van der Waals surface area (Å²) in [5.41, 5.74) is 1.15. The van der Waals surface area contributed by atoms with E-state index in [1.165, 1.54) is 11.3 Å². The zero-order valence-corrected chi connectivity index (χ0v) is 18.1. The highest BCUT2D eigenvalue weighted by Crippen LogP contribution is 2.35. The highest BCUT2D eigenvalue weighted by Gasteiger charge is 2.18. The van der Waals surface area contributed by atoms with E-state index in [0.29, 0.717) is 47.4 Å². The SMILES string of the molecule is CCOC(=O)Cn1c(=NC(=O)c2ccc(OCC)cc2)sc2cc3c(cc21)OCCO3. The average molecular weight is 442 g/mol. The molecule has 1 aromatic heterocycles. The summed E-state index contributed by atoms with van der Waals surface area (Å²) in [4.78, 5) is 29.7. The standard InChI is InChI=1S/C22H22N2O6S/c1-3-27-15-7-5-14(6-8-15)21(26)23-22-24(13-20(25)28-4-2)16-11-17-18(12-19(16)31-22)30-10-9-29-17/h5-8,11-12H,3-4,9-10,13H2,1-2H3. The van der Waals surface area contributed by atoms with E-state index in [1.54, 1.807) is 41.8 Å². The lowest BCUT2D eigenvalue weighted by atomic mass is 10.2. The van der Waals surface area contributed by atoms with Gasteiger partial charge in [-0.15, -0.1) is 0 Å². The topological polar surface area (TPSA) is 88.4 Å². The summed E-state index contributed by atoms with van der Waals surface area (Å²) in [5.74, 6) is 1.09. The number of carbonyl (C=O) groups excluding carboxylic acids is 2. The Labute approximate surface area is 182 Å². The van der Waals surface area contributed by atoms with Crippen LogP contribution in [0.2, 0.25) is 0 Å². The molecule has 0 fully saturated rings. The number of fused-ring (bicyclic) bond motifs is 2. The lowest BCUT2D eigenvalue weighted by Crippen LogP contribution is -2.23. The molecule has 0 atom stereocenters. The molecule has 31 heavy (non-hydrogen) atoms. The molecule has 0 unspecified atom stereocenters. The van der Waals surface area contributed by atoms with Gasteiger partial charge in [0.25, 0.3) is 5.91 Å². The third-order valence-electron chi connectivity index (χ3n) is 4.55. The van der Waals surface area contributed by atoms with Crippen LogP contribution < -0.4 is 19.0 Å². The Kier molecular flexibility index (Phi) is 6.22. The van der Waals surface area contributed by atoms with Crippen LogP contribution >= 0.6 is 11.3 Å². The zero-order valence-electron chi connectivity index (χ0n) is 17.3. The molecule has 0 aliphatic carbocycles. The van der Waals surface area contributed by atoms with Gasteiger partial charge < -0.3 is 23.5 Å². The van der Waals surface area contributed by atoms with Gasteiger partial charge in [-0.25, -0.2) is 0 Å². The number of hydrogen-bond acceptors (Lipinski definition) is 7. The maximum atomic E-state index is 12.8. The summed E-state index contributed by atoms with van der Waals surface area (Å²) >= 11 is 1.30. The zero-order chi connectivity index (χ0) is 21.8. The molecule has 1 amide bonds. The van der Waals surface area contributed by atoms with E-state index >= 15 is 0 Å². The number of aromatic nitrogens is 1. The molecular formula is C22H22N2O6S. The molecule has 0 spiro atoms. The van der Waals surface area contributed by atoms with Gasteiger partial charge >= 0.3 is 5.97 Å². The van der Waals surface area contributed by atoms with E-state index in [1.807, 2.05) is 13.0 Å². The smallest absolute Gasteiger partial charge is 0.326 e. The summed E-state index contributed by atoms with van der Waals surface area (Å²) in [5, 5.41) is 0. The Hall–Kier alpha value is -3.33. The Morgan fingerprint density at radius 2 is 1.77 bits per heavy atom. The number of hydrogen-bond donors (Lipinski definition) is 0. The fourth-order valence-corrected chi connectivity index (χ4v) is 4.23. The van der Waals surface area contributed by atoms with Crippen molar-refractivity contribution >= 4 is 33.4 Å². The van der Waals surface area contributed by atoms with E-state index in [0.717, 1.165) is 10.2 Å². The van der Waals surface area contributed by atoms with Gasteiger partial charge in [0.2, 0.25) is 0 Å². The highest BCUT2D eigenvalue weighted by atomic mass is 32.1. The minimum atomic E-state index is -0.413. The van der Waals surface area contributed by atoms with Gasteiger partial charge in [-0.3, -0.25) is 9.59 Å². The fraction of sp³-hybridized carbons (Fsp3) is 0.318. The molecule has 9 heteroatoms. The average Bonchev–Trinajstić information content (AvgIpc) is 3.08. The summed E-state index contributed by atoms with van der Waals surface area (Å²) in [6.07, 6.45) is 0. The quantitative estimate of drug-likeness (QED) is 0.545. The van der Waals surface area contributed by atoms with E-state index in [2.05, 4.69) is 4.99 Å². The van der Waals surface area contributed by atoms with Crippen molar-refractivity contribution in [3.8, 4) is 17.2 Å². The van der Waals surface area contributed by atoms with Gasteiger partial charge in [0.1, 0.15) is 25.5 Å². The molecular weight excluding hydrogens is 420 g/mol. The van der Waals surface area contributed by atoms with Gasteiger partial charge in [0, 0.05) is 17.7 Å². The normalized spacial score (nSPS) is 13.3. The monoisotopic (exact) mass is 442 g/mol. The Morgan fingerprint density at radius 1 is 1.06 bits per heavy atom. The number of nitrogens with zero attached hydrogens (tertiary/aromatic N) is 2. The van der Waals surface area contributed by atoms with Crippen LogP contribution in [0.5, 0.6) is 17.2 Å². The van der Waals surface area contributed by atoms with Gasteiger partial charge in [0.05, 0.1) is 23.4 Å². The third-order valence-corrected chi connectivity index (χ3v) is 5.59. The summed E-state index contributed by atoms with van der Waals surface area (Å²) in [7, 11) is 0. The summed E-state index contributed by atoms with van der Waals surface area (Å²) < 4.78 is 24.3. The number of ether oxygens (including phenoxy) is 4. The van der Waals surface area contributed by atoms with Crippen LogP contribution in [0.15, 0.2) is 41.4 Å². The molecule has 0 radical (unpaired) electrons. The third kappa shape index (κ3) is 4.56. The molecule has 162 valence electrons. The van der Waals surface area contributed by atoms with E-state index in [9.17, 15) is 9.59 Å². The lowest BCUT2D eigenvalue weighted by molar-refractivity contribution is -0.143. The molecule has 2 aromatic carbocycles. The predicted molar refractivity (Wildman–Crippen MR) is 115 cm³/mol. The fourth-order valence-electron chi connectivity index (χ4n) is 3.19. The maximum absolute atomic E-state index is 12.8. The summed E-state index contributed by atoms with van der Waals surface area (Å²) in [6.45, 7) is 5.32. The first-order valence-corrected chi connectivity index (χ1v) is 10.8. The van der Waals surface area contributed by atoms with Crippen molar-refractivity contribution in [2.75, 3.05) is 26.4 Å². The van der Waals surface area contributed by atoms with E-state index < -0.39 is 11.9 Å². The second-order valence-corrected chi connectivity index (χ2v) is 7.62. The van der Waals surface area contributed by atoms with Crippen LogP contribution in [0.4, 0.5) is 0 Å². The van der Waals surface area contributed by atoms with Crippen molar-refractivity contribution in [2.24, 2.45) is 4.99 Å². The van der Waals surface area contributed by atoms with Crippen LogP contribution in [0.3, 0.4) is 0 Å². The predicted octanol–water partition coefficient (Wildman–Crippen LogP) is 3.18. The molecule has 8 nitrogen and oxygen atoms in total. The van der Waals surface area contributed by atoms with Crippen molar-refractivity contribution in [1.82, 2.24) is 4.57 Å². The first-order valence-electron chi connectivity index (χ1n) is 9.99. The Bertz CT molecular complexity index is 1180. The minimum Gasteiger partial charge on any atom is -0.494 e. The van der Waals surface area contributed by atoms with Crippen molar-refractivity contribution in [3.05, 3.63) is 46.8 Å². The van der Waals surface area contributed by atoms with Gasteiger partial charge in [-0.1, -0.05) is 11.3 Å². The maximum Gasteiger partial charge on any atom is 0.326 e. The van der Waals surface area contributed by atoms with Crippen molar-refractivity contribution in [3.63, 3.8) is 0 Å². The van der Waals surface area contributed by atoms with Crippen molar-refractivity contribution in [2.45, 2.75) is 20.4 Å². The Morgan fingerprint density at radius 3 is 2.45 bits per heavy atom. The van der Waals surface area contributed by atoms with Crippen LogP contribution in [0.1, 0.15) is 24.2 Å². The van der Waals surface area contributed by atoms with Crippen LogP contribution in [-0.4, -0.2) is 42.9 Å².